The van der Waals surface area contributed by atoms with Crippen LogP contribution in [0.25, 0.3) is 0 Å². The van der Waals surface area contributed by atoms with Gasteiger partial charge < -0.3 is 28.8 Å². The third-order valence-electron chi connectivity index (χ3n) is 18.4. The molecule has 0 aromatic carbocycles. The Balaban J connectivity index is 4.00. The molecule has 0 aromatic rings. The molecule has 0 fully saturated rings. The average molecular weight is 1300 g/mol. The Hall–Kier alpha value is -1.80. The summed E-state index contributed by atoms with van der Waals surface area (Å²) in [6.07, 6.45) is 101. The van der Waals surface area contributed by atoms with E-state index in [-0.39, 0.29) is 12.5 Å². The number of likely N-dealkylation sites (N-methyl/N-ethyl adjacent to an activating group) is 1. The Bertz CT molecular complexity index is 1670. The summed E-state index contributed by atoms with van der Waals surface area (Å²) in [5.41, 5.74) is 0. The predicted octanol–water partition coefficient (Wildman–Crippen LogP) is 25.7. The molecule has 0 aliphatic heterocycles. The molecule has 0 aliphatic carbocycles. The number of aliphatic hydroxyl groups excluding tert-OH is 1. The van der Waals surface area contributed by atoms with Crippen LogP contribution in [0.4, 0.5) is 0 Å². The fourth-order valence-corrected chi connectivity index (χ4v) is 12.9. The normalized spacial score (nSPS) is 13.8. The zero-order valence-electron chi connectivity index (χ0n) is 61.6. The number of phosphoric ester groups is 1. The quantitative estimate of drug-likeness (QED) is 0.0272. The molecule has 9 heteroatoms. The van der Waals surface area contributed by atoms with Gasteiger partial charge in [-0.1, -0.05) is 383 Å². The number of nitrogens with one attached hydrogen (secondary N) is 1. The molecule has 0 aliphatic rings. The van der Waals surface area contributed by atoms with E-state index in [4.69, 9.17) is 9.05 Å². The van der Waals surface area contributed by atoms with Crippen LogP contribution in [0.15, 0.2) is 60.8 Å². The zero-order valence-corrected chi connectivity index (χ0v) is 62.5. The Morgan fingerprint density at radius 1 is 0.385 bits per heavy atom. The van der Waals surface area contributed by atoms with Gasteiger partial charge in [0.05, 0.1) is 39.9 Å². The number of rotatable bonds is 75. The standard InChI is InChI=1S/C82H157N2O6P/c1-6-8-10-12-14-16-18-20-22-24-26-28-30-32-34-36-38-40-41-42-43-44-46-48-50-52-54-56-58-60-62-64-66-68-70-72-74-76-82(86)83-80(79-90-91(87,88)89-78-77-84(3,4)5)81(85)75-73-71-69-67-65-63-61-59-57-55-53-51-49-47-45-39-37-35-33-31-29-27-25-23-21-19-17-15-13-11-9-7-2/h18,20,24,26,57,59,65,67,73,75,80-81,85H,6-17,19,21-23,25,27-56,58,60-64,66,68-72,74,76-79H2,1-5H3,(H-,83,86,87,88)/b20-18-,26-24-,59-57+,67-65+,75-73+. The van der Waals surface area contributed by atoms with Crippen LogP contribution in [0.1, 0.15) is 406 Å². The topological polar surface area (TPSA) is 108 Å². The number of quaternary nitrogens is 1. The smallest absolute Gasteiger partial charge is 0.268 e. The van der Waals surface area contributed by atoms with Gasteiger partial charge in [-0.3, -0.25) is 9.36 Å². The number of hydrogen-bond acceptors (Lipinski definition) is 6. The summed E-state index contributed by atoms with van der Waals surface area (Å²) >= 11 is 0. The van der Waals surface area contributed by atoms with Gasteiger partial charge >= 0.3 is 0 Å². The lowest BCUT2D eigenvalue weighted by molar-refractivity contribution is -0.870. The average Bonchev–Trinajstić information content (AvgIpc) is 3.42. The van der Waals surface area contributed by atoms with E-state index < -0.39 is 26.6 Å². The lowest BCUT2D eigenvalue weighted by atomic mass is 10.0. The molecule has 0 aromatic heterocycles. The van der Waals surface area contributed by atoms with Crippen LogP contribution in [0, 0.1) is 0 Å². The van der Waals surface area contributed by atoms with Crippen molar-refractivity contribution in [3.63, 3.8) is 0 Å². The molecule has 8 nitrogen and oxygen atoms in total. The maximum absolute atomic E-state index is 13.1. The third-order valence-corrected chi connectivity index (χ3v) is 19.4. The van der Waals surface area contributed by atoms with Gasteiger partial charge in [-0.15, -0.1) is 0 Å². The molecule has 3 atom stereocenters. The van der Waals surface area contributed by atoms with Crippen LogP contribution in [-0.2, 0) is 18.4 Å². The van der Waals surface area contributed by atoms with E-state index in [2.05, 4.69) is 67.8 Å². The first-order chi connectivity index (χ1) is 44.5. The summed E-state index contributed by atoms with van der Waals surface area (Å²) in [5.74, 6) is -0.204. The molecule has 0 spiro atoms. The molecule has 0 radical (unpaired) electrons. The van der Waals surface area contributed by atoms with Crippen molar-refractivity contribution in [2.45, 2.75) is 418 Å². The summed E-state index contributed by atoms with van der Waals surface area (Å²) in [5, 5.41) is 14.0. The Morgan fingerprint density at radius 3 is 0.956 bits per heavy atom. The molecule has 2 N–H and O–H groups in total. The molecule has 0 rings (SSSR count). The maximum Gasteiger partial charge on any atom is 0.268 e. The number of unbranched alkanes of at least 4 members (excludes halogenated alkanes) is 54. The van der Waals surface area contributed by atoms with E-state index >= 15 is 0 Å². The van der Waals surface area contributed by atoms with Gasteiger partial charge in [-0.05, 0) is 77.0 Å². The number of carbonyl (C=O) groups is 1. The van der Waals surface area contributed by atoms with Crippen molar-refractivity contribution >= 4 is 13.7 Å². The van der Waals surface area contributed by atoms with Crippen molar-refractivity contribution in [3.8, 4) is 0 Å². The van der Waals surface area contributed by atoms with Crippen molar-refractivity contribution in [3.05, 3.63) is 60.8 Å². The molecular weight excluding hydrogens is 1140 g/mol. The molecule has 91 heavy (non-hydrogen) atoms. The van der Waals surface area contributed by atoms with Gasteiger partial charge in [0, 0.05) is 6.42 Å². The van der Waals surface area contributed by atoms with Crippen molar-refractivity contribution in [2.75, 3.05) is 40.9 Å². The van der Waals surface area contributed by atoms with Gasteiger partial charge in [-0.25, -0.2) is 0 Å². The molecule has 0 saturated carbocycles. The highest BCUT2D eigenvalue weighted by atomic mass is 31.2. The number of phosphoric acid groups is 1. The van der Waals surface area contributed by atoms with Crippen LogP contribution in [0.5, 0.6) is 0 Å². The number of amides is 1. The molecule has 0 heterocycles. The Labute approximate surface area is 568 Å². The number of allylic oxidation sites excluding steroid dienone is 9. The lowest BCUT2D eigenvalue weighted by Gasteiger charge is -2.29. The first kappa shape index (κ1) is 89.2. The van der Waals surface area contributed by atoms with Crippen LogP contribution in [0.3, 0.4) is 0 Å². The predicted molar refractivity (Wildman–Crippen MR) is 399 cm³/mol. The fourth-order valence-electron chi connectivity index (χ4n) is 12.2. The fraction of sp³-hybridized carbons (Fsp3) is 0.866. The highest BCUT2D eigenvalue weighted by Gasteiger charge is 2.23. The number of aliphatic hydroxyl groups is 1. The Morgan fingerprint density at radius 2 is 0.648 bits per heavy atom. The summed E-state index contributed by atoms with van der Waals surface area (Å²) in [6.45, 7) is 4.67. The second-order valence-corrected chi connectivity index (χ2v) is 30.2. The summed E-state index contributed by atoms with van der Waals surface area (Å²) in [4.78, 5) is 25.7. The van der Waals surface area contributed by atoms with Crippen molar-refractivity contribution in [2.24, 2.45) is 0 Å². The molecule has 0 saturated heterocycles. The van der Waals surface area contributed by atoms with E-state index in [1.807, 2.05) is 27.2 Å². The van der Waals surface area contributed by atoms with E-state index in [0.717, 1.165) is 51.4 Å². The molecule has 0 bridgehead atoms. The van der Waals surface area contributed by atoms with Crippen molar-refractivity contribution in [1.29, 1.82) is 0 Å². The van der Waals surface area contributed by atoms with Gasteiger partial charge in [-0.2, -0.15) is 0 Å². The van der Waals surface area contributed by atoms with Crippen molar-refractivity contribution < 1.29 is 32.9 Å². The summed E-state index contributed by atoms with van der Waals surface area (Å²) in [7, 11) is 1.25. The van der Waals surface area contributed by atoms with Crippen LogP contribution in [0.2, 0.25) is 0 Å². The molecular formula is C82H157N2O6P. The SMILES string of the molecule is CCCCCCC/C=C\C/C=C\CCCCCCCCCCCCCCCCCCCCCCCCCCCC(=O)NC(COP(=O)([O-])OCC[N+](C)(C)C)C(O)/C=C/CC/C=C/CC/C=C/CCCCCCCCCCCCCCCCCCCCCCCC. The van der Waals surface area contributed by atoms with Crippen molar-refractivity contribution in [1.82, 2.24) is 5.32 Å². The van der Waals surface area contributed by atoms with Gasteiger partial charge in [0.1, 0.15) is 13.2 Å². The largest absolute Gasteiger partial charge is 0.756 e. The summed E-state index contributed by atoms with van der Waals surface area (Å²) < 4.78 is 23.5. The van der Waals surface area contributed by atoms with Crippen LogP contribution < -0.4 is 10.2 Å². The lowest BCUT2D eigenvalue weighted by Crippen LogP contribution is -2.45. The molecule has 3 unspecified atom stereocenters. The first-order valence-electron chi connectivity index (χ1n) is 40.2. The van der Waals surface area contributed by atoms with E-state index in [9.17, 15) is 19.4 Å². The molecule has 536 valence electrons. The monoisotopic (exact) mass is 1300 g/mol. The number of hydrogen-bond donors (Lipinski definition) is 2. The highest BCUT2D eigenvalue weighted by molar-refractivity contribution is 7.45. The minimum absolute atomic E-state index is 0.00830. The van der Waals surface area contributed by atoms with E-state index in [1.165, 1.54) is 334 Å². The zero-order chi connectivity index (χ0) is 66.2. The number of nitrogens with zero attached hydrogens (tertiary/aromatic N) is 1. The molecule has 1 amide bonds. The number of carbonyl (C=O) groups excluding carboxylic acids is 1. The second kappa shape index (κ2) is 72.5. The van der Waals surface area contributed by atoms with E-state index in [0.29, 0.717) is 17.4 Å². The maximum atomic E-state index is 13.1. The Kier molecular flexibility index (Phi) is 71.0. The highest BCUT2D eigenvalue weighted by Crippen LogP contribution is 2.38. The van der Waals surface area contributed by atoms with Crippen LogP contribution >= 0.6 is 7.82 Å². The van der Waals surface area contributed by atoms with Gasteiger partial charge in [0.25, 0.3) is 7.82 Å². The second-order valence-electron chi connectivity index (χ2n) is 28.8. The first-order valence-corrected chi connectivity index (χ1v) is 41.6. The minimum Gasteiger partial charge on any atom is -0.756 e. The third kappa shape index (κ3) is 75.4. The minimum atomic E-state index is -4.62. The van der Waals surface area contributed by atoms with Crippen LogP contribution in [-0.4, -0.2) is 68.5 Å². The van der Waals surface area contributed by atoms with Gasteiger partial charge in [0.2, 0.25) is 5.91 Å². The van der Waals surface area contributed by atoms with Gasteiger partial charge in [0.15, 0.2) is 0 Å². The van der Waals surface area contributed by atoms with E-state index in [1.54, 1.807) is 6.08 Å². The summed E-state index contributed by atoms with van der Waals surface area (Å²) in [6, 6.07) is -0.912.